The third kappa shape index (κ3) is 2.53. The Morgan fingerprint density at radius 2 is 1.91 bits per heavy atom. The molecule has 0 fully saturated rings. The van der Waals surface area contributed by atoms with Gasteiger partial charge in [-0.2, -0.15) is 0 Å². The first kappa shape index (κ1) is 14.2. The number of rotatable bonds is 3. The number of thiazole rings is 1. The predicted molar refractivity (Wildman–Crippen MR) is 87.4 cm³/mol. The number of hydrogen-bond donors (Lipinski definition) is 3. The molecular formula is C15H12FN5S. The molecule has 0 radical (unpaired) electrons. The molecule has 0 unspecified atom stereocenters. The van der Waals surface area contributed by atoms with Gasteiger partial charge in [0.1, 0.15) is 17.5 Å². The summed E-state index contributed by atoms with van der Waals surface area (Å²) >= 11 is 1.35. The lowest BCUT2D eigenvalue weighted by atomic mass is 10.1. The van der Waals surface area contributed by atoms with Crippen molar-refractivity contribution in [2.24, 2.45) is 16.5 Å². The fraction of sp³-hybridized carbons (Fsp3) is 0. The molecular weight excluding hydrogens is 301 g/mol. The van der Waals surface area contributed by atoms with Crippen molar-refractivity contribution in [3.63, 3.8) is 0 Å². The second-order valence-corrected chi connectivity index (χ2v) is 5.55. The van der Waals surface area contributed by atoms with Crippen LogP contribution in [0.2, 0.25) is 0 Å². The van der Waals surface area contributed by atoms with Crippen molar-refractivity contribution >= 4 is 38.4 Å². The van der Waals surface area contributed by atoms with Crippen LogP contribution >= 0.6 is 11.3 Å². The van der Waals surface area contributed by atoms with E-state index < -0.39 is 5.82 Å². The lowest BCUT2D eigenvalue weighted by molar-refractivity contribution is 0.624. The molecule has 1 aromatic heterocycles. The number of nitrogen functional groups attached to an aromatic ring is 1. The maximum Gasteiger partial charge on any atom is 0.212 e. The first-order chi connectivity index (χ1) is 10.6. The number of nitrogens with two attached hydrogens (primary N) is 2. The van der Waals surface area contributed by atoms with Crippen molar-refractivity contribution < 1.29 is 4.39 Å². The normalized spacial score (nSPS) is 11.8. The van der Waals surface area contributed by atoms with Crippen molar-refractivity contribution in [3.05, 3.63) is 59.4 Å². The zero-order valence-corrected chi connectivity index (χ0v) is 12.2. The number of aromatic nitrogens is 1. The Morgan fingerprint density at radius 3 is 2.64 bits per heavy atom. The zero-order valence-electron chi connectivity index (χ0n) is 11.4. The van der Waals surface area contributed by atoms with Gasteiger partial charge < -0.3 is 11.5 Å². The molecule has 1 heterocycles. The monoisotopic (exact) mass is 313 g/mol. The molecule has 5 nitrogen and oxygen atoms in total. The van der Waals surface area contributed by atoms with Crippen molar-refractivity contribution in [2.75, 3.05) is 0 Å². The van der Waals surface area contributed by atoms with E-state index in [1.165, 1.54) is 29.5 Å². The smallest absolute Gasteiger partial charge is 0.212 e. The fourth-order valence-corrected chi connectivity index (χ4v) is 2.93. The Labute approximate surface area is 129 Å². The third-order valence-electron chi connectivity index (χ3n) is 3.06. The highest BCUT2D eigenvalue weighted by molar-refractivity contribution is 7.22. The minimum Gasteiger partial charge on any atom is -0.384 e. The maximum atomic E-state index is 14.0. The average molecular weight is 313 g/mol. The van der Waals surface area contributed by atoms with Gasteiger partial charge in [0, 0.05) is 5.56 Å². The fourth-order valence-electron chi connectivity index (χ4n) is 2.08. The molecule has 0 amide bonds. The van der Waals surface area contributed by atoms with Crippen LogP contribution in [0.4, 0.5) is 9.52 Å². The van der Waals surface area contributed by atoms with Gasteiger partial charge in [0.15, 0.2) is 0 Å². The highest BCUT2D eigenvalue weighted by atomic mass is 32.1. The summed E-state index contributed by atoms with van der Waals surface area (Å²) in [6, 6.07) is 11.8. The first-order valence-electron chi connectivity index (χ1n) is 6.39. The van der Waals surface area contributed by atoms with E-state index in [4.69, 9.17) is 16.9 Å². The largest absolute Gasteiger partial charge is 0.384 e. The summed E-state index contributed by atoms with van der Waals surface area (Å²) in [5.74, 6) is -0.894. The summed E-state index contributed by atoms with van der Waals surface area (Å²) in [6.07, 6.45) is 0. The van der Waals surface area contributed by atoms with Crippen LogP contribution in [0.25, 0.3) is 10.2 Å². The lowest BCUT2D eigenvalue weighted by Crippen LogP contribution is -2.22. The number of benzene rings is 2. The molecule has 0 bridgehead atoms. The molecule has 0 atom stereocenters. The Morgan fingerprint density at radius 1 is 1.14 bits per heavy atom. The Hall–Kier alpha value is -2.80. The molecule has 22 heavy (non-hydrogen) atoms. The molecule has 0 aliphatic heterocycles. The quantitative estimate of drug-likeness (QED) is 0.512. The van der Waals surface area contributed by atoms with E-state index >= 15 is 0 Å². The number of fused-ring (bicyclic) bond motifs is 1. The van der Waals surface area contributed by atoms with Crippen molar-refractivity contribution in [3.8, 4) is 0 Å². The van der Waals surface area contributed by atoms with Crippen LogP contribution in [0.1, 0.15) is 11.1 Å². The van der Waals surface area contributed by atoms with Gasteiger partial charge in [0.05, 0.1) is 15.8 Å². The number of hydrogen-bond acceptors (Lipinski definition) is 4. The highest BCUT2D eigenvalue weighted by Crippen LogP contribution is 2.28. The third-order valence-corrected chi connectivity index (χ3v) is 3.99. The number of para-hydroxylation sites is 1. The summed E-state index contributed by atoms with van der Waals surface area (Å²) in [5, 5.41) is 7.95. The van der Waals surface area contributed by atoms with E-state index in [2.05, 4.69) is 9.98 Å². The predicted octanol–water partition coefficient (Wildman–Crippen LogP) is 2.76. The van der Waals surface area contributed by atoms with E-state index in [-0.39, 0.29) is 22.8 Å². The van der Waals surface area contributed by atoms with Gasteiger partial charge >= 0.3 is 0 Å². The minimum absolute atomic E-state index is 0.0225. The number of nitrogens with zero attached hydrogens (tertiary/aromatic N) is 2. The van der Waals surface area contributed by atoms with E-state index in [1.54, 1.807) is 0 Å². The molecule has 0 spiro atoms. The topological polar surface area (TPSA) is 101 Å². The minimum atomic E-state index is -0.574. The van der Waals surface area contributed by atoms with Crippen molar-refractivity contribution in [2.45, 2.75) is 0 Å². The summed E-state index contributed by atoms with van der Waals surface area (Å²) < 4.78 is 15.0. The van der Waals surface area contributed by atoms with Gasteiger partial charge in [-0.1, -0.05) is 35.6 Å². The second kappa shape index (κ2) is 5.53. The summed E-state index contributed by atoms with van der Waals surface area (Å²) in [7, 11) is 0. The molecule has 0 aliphatic rings. The Bertz CT molecular complexity index is 867. The molecule has 0 aliphatic carbocycles. The molecule has 0 saturated heterocycles. The summed E-state index contributed by atoms with van der Waals surface area (Å²) in [4.78, 5) is 8.51. The van der Waals surface area contributed by atoms with Crippen LogP contribution in [0.3, 0.4) is 0 Å². The van der Waals surface area contributed by atoms with E-state index in [9.17, 15) is 4.39 Å². The van der Waals surface area contributed by atoms with Gasteiger partial charge in [-0.15, -0.1) is 0 Å². The van der Waals surface area contributed by atoms with Gasteiger partial charge in [-0.05, 0) is 18.2 Å². The molecule has 3 rings (SSSR count). The Kier molecular flexibility index (Phi) is 3.56. The number of halogens is 1. The van der Waals surface area contributed by atoms with Crippen molar-refractivity contribution in [1.29, 1.82) is 5.41 Å². The van der Waals surface area contributed by atoms with Gasteiger partial charge in [-0.3, -0.25) is 5.41 Å². The van der Waals surface area contributed by atoms with Gasteiger partial charge in [0.25, 0.3) is 0 Å². The van der Waals surface area contributed by atoms with Crippen LogP contribution in [0, 0.1) is 11.2 Å². The van der Waals surface area contributed by atoms with Crippen LogP contribution in [-0.4, -0.2) is 16.7 Å². The van der Waals surface area contributed by atoms with Gasteiger partial charge in [-0.25, -0.2) is 14.4 Å². The number of amidine groups is 2. The Balaban J connectivity index is 2.10. The van der Waals surface area contributed by atoms with E-state index in [1.807, 2.05) is 24.3 Å². The van der Waals surface area contributed by atoms with Crippen molar-refractivity contribution in [1.82, 2.24) is 4.98 Å². The lowest BCUT2D eigenvalue weighted by Gasteiger charge is -2.08. The van der Waals surface area contributed by atoms with Crippen LogP contribution < -0.4 is 11.5 Å². The van der Waals surface area contributed by atoms with Crippen LogP contribution in [-0.2, 0) is 0 Å². The van der Waals surface area contributed by atoms with Gasteiger partial charge in [0.2, 0.25) is 5.13 Å². The second-order valence-electron chi connectivity index (χ2n) is 4.54. The maximum absolute atomic E-state index is 14.0. The molecule has 2 aromatic carbocycles. The molecule has 5 N–H and O–H groups in total. The van der Waals surface area contributed by atoms with E-state index in [0.717, 1.165) is 10.2 Å². The van der Waals surface area contributed by atoms with Crippen LogP contribution in [0.15, 0.2) is 47.5 Å². The van der Waals surface area contributed by atoms with E-state index in [0.29, 0.717) is 5.13 Å². The number of nitrogens with one attached hydrogen (secondary N) is 1. The molecule has 0 saturated carbocycles. The average Bonchev–Trinajstić information content (AvgIpc) is 2.88. The first-order valence-corrected chi connectivity index (χ1v) is 7.21. The molecule has 3 aromatic rings. The zero-order chi connectivity index (χ0) is 15.7. The summed E-state index contributed by atoms with van der Waals surface area (Å²) in [5.41, 5.74) is 12.4. The summed E-state index contributed by atoms with van der Waals surface area (Å²) in [6.45, 7) is 0. The number of aliphatic imine (C=N–C) groups is 1. The highest BCUT2D eigenvalue weighted by Gasteiger charge is 2.15. The molecule has 110 valence electrons. The van der Waals surface area contributed by atoms with Crippen LogP contribution in [0.5, 0.6) is 0 Å². The molecule has 7 heteroatoms. The standard InChI is InChI=1S/C15H12FN5S/c16-9-5-3-4-8(13(17)18)12(9)14(19)21-15-20-10-6-1-2-7-11(10)22-15/h1-7H,(H3,17,18)(H2,19,20,21). The SMILES string of the molecule is N=C(N)c1cccc(F)c1/C(N)=N/c1nc2ccccc2s1.